The summed E-state index contributed by atoms with van der Waals surface area (Å²) in [5, 5.41) is 5.97. The van der Waals surface area contributed by atoms with E-state index in [0.717, 1.165) is 0 Å². The van der Waals surface area contributed by atoms with Crippen molar-refractivity contribution in [3.8, 4) is 0 Å². The molecule has 0 aliphatic rings. The average Bonchev–Trinajstić information content (AvgIpc) is 2.58. The van der Waals surface area contributed by atoms with E-state index in [9.17, 15) is 14.4 Å². The van der Waals surface area contributed by atoms with Gasteiger partial charge in [0, 0.05) is 32.0 Å². The maximum atomic E-state index is 12.3. The summed E-state index contributed by atoms with van der Waals surface area (Å²) in [7, 11) is 0. The summed E-state index contributed by atoms with van der Waals surface area (Å²) in [4.78, 5) is 39.7. The van der Waals surface area contributed by atoms with Crippen molar-refractivity contribution in [2.75, 3.05) is 13.1 Å². The van der Waals surface area contributed by atoms with Crippen LogP contribution in [0.5, 0.6) is 0 Å². The van der Waals surface area contributed by atoms with Crippen LogP contribution in [0.4, 0.5) is 0 Å². The highest BCUT2D eigenvalue weighted by Crippen LogP contribution is 2.04. The Bertz CT molecular complexity index is 783. The Morgan fingerprint density at radius 3 is 2.62 bits per heavy atom. The predicted octanol–water partition coefficient (Wildman–Crippen LogP) is 0.675. The lowest BCUT2D eigenvalue weighted by Crippen LogP contribution is -2.36. The molecular weight excluding hydrogens is 308 g/mol. The number of benzene rings is 1. The van der Waals surface area contributed by atoms with Crippen molar-refractivity contribution in [3.05, 3.63) is 40.9 Å². The smallest absolute Gasteiger partial charge is 0.261 e. The highest BCUT2D eigenvalue weighted by molar-refractivity contribution is 5.78. The van der Waals surface area contributed by atoms with Gasteiger partial charge in [-0.05, 0) is 12.1 Å². The van der Waals surface area contributed by atoms with E-state index in [1.165, 1.54) is 10.9 Å². The molecule has 0 saturated heterocycles. The van der Waals surface area contributed by atoms with Crippen LogP contribution in [0.2, 0.25) is 0 Å². The van der Waals surface area contributed by atoms with E-state index in [-0.39, 0.29) is 36.3 Å². The second kappa shape index (κ2) is 8.24. The Morgan fingerprint density at radius 2 is 1.88 bits per heavy atom. The number of carbonyl (C=O) groups is 2. The zero-order chi connectivity index (χ0) is 17.5. The van der Waals surface area contributed by atoms with E-state index in [2.05, 4.69) is 15.6 Å². The van der Waals surface area contributed by atoms with Crippen LogP contribution in [0.3, 0.4) is 0 Å². The van der Waals surface area contributed by atoms with Gasteiger partial charge in [-0.2, -0.15) is 0 Å². The number of amides is 2. The minimum Gasteiger partial charge on any atom is -0.354 e. The maximum Gasteiger partial charge on any atom is 0.261 e. The average molecular weight is 330 g/mol. The SMILES string of the molecule is CC(C)C(=O)NCCNC(=O)CCn1cnc2ccccc2c1=O. The van der Waals surface area contributed by atoms with Crippen molar-refractivity contribution < 1.29 is 9.59 Å². The fourth-order valence-electron chi connectivity index (χ4n) is 2.17. The van der Waals surface area contributed by atoms with Gasteiger partial charge in [-0.25, -0.2) is 4.98 Å². The van der Waals surface area contributed by atoms with Crippen LogP contribution >= 0.6 is 0 Å². The molecule has 2 rings (SSSR count). The molecule has 7 heteroatoms. The third kappa shape index (κ3) is 4.65. The molecule has 1 heterocycles. The van der Waals surface area contributed by atoms with Crippen molar-refractivity contribution in [2.24, 2.45) is 5.92 Å². The molecule has 0 bridgehead atoms. The zero-order valence-corrected chi connectivity index (χ0v) is 13.9. The molecule has 0 atom stereocenters. The Hall–Kier alpha value is -2.70. The summed E-state index contributed by atoms with van der Waals surface area (Å²) < 4.78 is 1.43. The van der Waals surface area contributed by atoms with Gasteiger partial charge >= 0.3 is 0 Å². The number of hydrogen-bond donors (Lipinski definition) is 2. The molecule has 0 aliphatic carbocycles. The number of nitrogens with zero attached hydrogens (tertiary/aromatic N) is 2. The van der Waals surface area contributed by atoms with Crippen LogP contribution in [0.1, 0.15) is 20.3 Å². The summed E-state index contributed by atoms with van der Waals surface area (Å²) in [6.07, 6.45) is 1.64. The topological polar surface area (TPSA) is 93.1 Å². The van der Waals surface area contributed by atoms with Crippen LogP contribution in [0, 0.1) is 5.92 Å². The van der Waals surface area contributed by atoms with Crippen molar-refractivity contribution in [1.82, 2.24) is 20.2 Å². The highest BCUT2D eigenvalue weighted by atomic mass is 16.2. The summed E-state index contributed by atoms with van der Waals surface area (Å²) >= 11 is 0. The molecule has 2 amide bonds. The van der Waals surface area contributed by atoms with Crippen LogP contribution in [0.15, 0.2) is 35.4 Å². The van der Waals surface area contributed by atoms with Crippen molar-refractivity contribution in [2.45, 2.75) is 26.8 Å². The molecule has 1 aromatic heterocycles. The standard InChI is InChI=1S/C17H22N4O3/c1-12(2)16(23)19-9-8-18-15(22)7-10-21-11-20-14-6-4-3-5-13(14)17(21)24/h3-6,11-12H,7-10H2,1-2H3,(H,18,22)(H,19,23). The Morgan fingerprint density at radius 1 is 1.17 bits per heavy atom. The first-order valence-corrected chi connectivity index (χ1v) is 7.97. The van der Waals surface area contributed by atoms with Gasteiger partial charge in [0.25, 0.3) is 5.56 Å². The number of aryl methyl sites for hydroxylation is 1. The molecule has 0 unspecified atom stereocenters. The molecule has 2 N–H and O–H groups in total. The van der Waals surface area contributed by atoms with Crippen LogP contribution in [0.25, 0.3) is 10.9 Å². The normalized spacial score (nSPS) is 10.8. The quantitative estimate of drug-likeness (QED) is 0.730. The van der Waals surface area contributed by atoms with E-state index in [1.54, 1.807) is 18.2 Å². The fourth-order valence-corrected chi connectivity index (χ4v) is 2.17. The first kappa shape index (κ1) is 17.7. The molecule has 0 spiro atoms. The van der Waals surface area contributed by atoms with E-state index in [0.29, 0.717) is 24.0 Å². The first-order chi connectivity index (χ1) is 11.5. The summed E-state index contributed by atoms with van der Waals surface area (Å²) in [5.74, 6) is -0.292. The van der Waals surface area contributed by atoms with E-state index < -0.39 is 0 Å². The van der Waals surface area contributed by atoms with E-state index in [1.807, 2.05) is 19.9 Å². The fraction of sp³-hybridized carbons (Fsp3) is 0.412. The minimum absolute atomic E-state index is 0.0435. The first-order valence-electron chi connectivity index (χ1n) is 7.97. The molecular formula is C17H22N4O3. The maximum absolute atomic E-state index is 12.3. The molecule has 24 heavy (non-hydrogen) atoms. The lowest BCUT2D eigenvalue weighted by Gasteiger charge is -2.09. The van der Waals surface area contributed by atoms with Crippen LogP contribution < -0.4 is 16.2 Å². The molecule has 0 radical (unpaired) electrons. The van der Waals surface area contributed by atoms with Gasteiger partial charge < -0.3 is 10.6 Å². The van der Waals surface area contributed by atoms with Gasteiger partial charge in [0.1, 0.15) is 0 Å². The Kier molecular flexibility index (Phi) is 6.06. The third-order valence-corrected chi connectivity index (χ3v) is 3.58. The molecule has 2 aromatic rings. The molecule has 0 fully saturated rings. The zero-order valence-electron chi connectivity index (χ0n) is 13.9. The van der Waals surface area contributed by atoms with Crippen LogP contribution in [-0.4, -0.2) is 34.5 Å². The van der Waals surface area contributed by atoms with E-state index >= 15 is 0 Å². The molecule has 0 saturated carbocycles. The molecule has 0 aliphatic heterocycles. The van der Waals surface area contributed by atoms with Crippen molar-refractivity contribution in [1.29, 1.82) is 0 Å². The predicted molar refractivity (Wildman–Crippen MR) is 91.5 cm³/mol. The lowest BCUT2D eigenvalue weighted by atomic mass is 10.2. The lowest BCUT2D eigenvalue weighted by molar-refractivity contribution is -0.124. The highest BCUT2D eigenvalue weighted by Gasteiger charge is 2.07. The summed E-state index contributed by atoms with van der Waals surface area (Å²) in [6, 6.07) is 7.11. The Labute approximate surface area is 140 Å². The van der Waals surface area contributed by atoms with Crippen molar-refractivity contribution in [3.63, 3.8) is 0 Å². The third-order valence-electron chi connectivity index (χ3n) is 3.58. The van der Waals surface area contributed by atoms with Gasteiger partial charge in [-0.3, -0.25) is 19.0 Å². The number of fused-ring (bicyclic) bond motifs is 1. The molecule has 1 aromatic carbocycles. The number of rotatable bonds is 7. The van der Waals surface area contributed by atoms with Crippen LogP contribution in [-0.2, 0) is 16.1 Å². The summed E-state index contributed by atoms with van der Waals surface area (Å²) in [6.45, 7) is 4.63. The number of carbonyl (C=O) groups excluding carboxylic acids is 2. The van der Waals surface area contributed by atoms with E-state index in [4.69, 9.17) is 0 Å². The Balaban J connectivity index is 1.81. The number of aromatic nitrogens is 2. The summed E-state index contributed by atoms with van der Waals surface area (Å²) in [5.41, 5.74) is 0.488. The molecule has 128 valence electrons. The molecule has 7 nitrogen and oxygen atoms in total. The van der Waals surface area contributed by atoms with Gasteiger partial charge in [0.2, 0.25) is 11.8 Å². The largest absolute Gasteiger partial charge is 0.354 e. The second-order valence-electron chi connectivity index (χ2n) is 5.81. The van der Waals surface area contributed by atoms with Gasteiger partial charge in [0.15, 0.2) is 0 Å². The minimum atomic E-state index is -0.172. The van der Waals surface area contributed by atoms with Gasteiger partial charge in [-0.15, -0.1) is 0 Å². The van der Waals surface area contributed by atoms with Gasteiger partial charge in [-0.1, -0.05) is 26.0 Å². The second-order valence-corrected chi connectivity index (χ2v) is 5.81. The van der Waals surface area contributed by atoms with Crippen molar-refractivity contribution >= 4 is 22.7 Å². The van der Waals surface area contributed by atoms with Gasteiger partial charge in [0.05, 0.1) is 17.2 Å². The monoisotopic (exact) mass is 330 g/mol. The number of para-hydroxylation sites is 1. The number of hydrogen-bond acceptors (Lipinski definition) is 4. The number of nitrogens with one attached hydrogen (secondary N) is 2.